The van der Waals surface area contributed by atoms with Crippen LogP contribution in [0, 0.1) is 0 Å². The maximum atomic E-state index is 13.2. The number of para-hydroxylation sites is 2. The molecule has 1 aromatic carbocycles. The van der Waals surface area contributed by atoms with Crippen LogP contribution in [0.2, 0.25) is 0 Å². The third-order valence-electron chi connectivity index (χ3n) is 5.88. The van der Waals surface area contributed by atoms with Gasteiger partial charge in [0.25, 0.3) is 5.56 Å². The minimum Gasteiger partial charge on any atom is -0.388 e. The van der Waals surface area contributed by atoms with Crippen molar-refractivity contribution < 1.29 is 9.90 Å². The molecule has 158 valence electrons. The molecule has 0 unspecified atom stereocenters. The van der Waals surface area contributed by atoms with E-state index in [2.05, 4.69) is 9.97 Å². The number of benzene rings is 1. The maximum Gasteiger partial charge on any atom is 0.328 e. The summed E-state index contributed by atoms with van der Waals surface area (Å²) < 4.78 is 3.22. The van der Waals surface area contributed by atoms with Gasteiger partial charge < -0.3 is 14.6 Å². The van der Waals surface area contributed by atoms with E-state index in [1.54, 1.807) is 11.8 Å². The molecular weight excluding hydrogens is 386 g/mol. The zero-order valence-electron chi connectivity index (χ0n) is 17.0. The van der Waals surface area contributed by atoms with Crippen LogP contribution in [0.3, 0.4) is 0 Å². The van der Waals surface area contributed by atoms with Crippen LogP contribution >= 0.6 is 0 Å². The molecule has 30 heavy (non-hydrogen) atoms. The predicted octanol–water partition coefficient (Wildman–Crippen LogP) is 0.673. The van der Waals surface area contributed by atoms with Crippen LogP contribution in [0.1, 0.15) is 32.1 Å². The molecule has 1 aliphatic rings. The van der Waals surface area contributed by atoms with Gasteiger partial charge >= 0.3 is 5.69 Å². The molecular formula is C21H25N5O4. The van der Waals surface area contributed by atoms with Gasteiger partial charge in [0.1, 0.15) is 12.4 Å². The largest absolute Gasteiger partial charge is 0.388 e. The first-order valence-corrected chi connectivity index (χ1v) is 10.1. The summed E-state index contributed by atoms with van der Waals surface area (Å²) in [5.41, 5.74) is -0.536. The molecule has 2 atom stereocenters. The Bertz CT molecular complexity index is 1210. The normalized spacial score (nSPS) is 21.8. The van der Waals surface area contributed by atoms with Crippen molar-refractivity contribution >= 4 is 16.9 Å². The van der Waals surface area contributed by atoms with E-state index in [1.807, 2.05) is 35.8 Å². The molecule has 2 N–H and O–H groups in total. The average molecular weight is 411 g/mol. The highest BCUT2D eigenvalue weighted by Crippen LogP contribution is 2.31. The molecule has 4 rings (SSSR count). The van der Waals surface area contributed by atoms with Crippen molar-refractivity contribution in [3.63, 3.8) is 0 Å². The SMILES string of the molecule is CCc1nc2ccccc2n1CC(=O)N1CC[C@@](C)(O)[C@H](n2ccc(=O)[nH]c2=O)C1. The molecule has 1 aliphatic heterocycles. The van der Waals surface area contributed by atoms with Crippen molar-refractivity contribution in [2.75, 3.05) is 13.1 Å². The van der Waals surface area contributed by atoms with Crippen LogP contribution in [0.25, 0.3) is 11.0 Å². The molecule has 3 aromatic rings. The number of aromatic amines is 1. The van der Waals surface area contributed by atoms with E-state index >= 15 is 0 Å². The summed E-state index contributed by atoms with van der Waals surface area (Å²) in [6.45, 7) is 4.34. The van der Waals surface area contributed by atoms with Crippen molar-refractivity contribution in [3.05, 3.63) is 63.2 Å². The first kappa shape index (κ1) is 20.1. The average Bonchev–Trinajstić information content (AvgIpc) is 3.06. The van der Waals surface area contributed by atoms with Crippen molar-refractivity contribution in [1.82, 2.24) is 24.0 Å². The lowest BCUT2D eigenvalue weighted by atomic mass is 9.88. The summed E-state index contributed by atoms with van der Waals surface area (Å²) in [5, 5.41) is 10.9. The minimum absolute atomic E-state index is 0.106. The van der Waals surface area contributed by atoms with E-state index in [1.165, 1.54) is 16.8 Å². The second-order valence-corrected chi connectivity index (χ2v) is 7.94. The molecule has 9 nitrogen and oxygen atoms in total. The first-order valence-electron chi connectivity index (χ1n) is 10.1. The highest BCUT2D eigenvalue weighted by molar-refractivity contribution is 5.81. The van der Waals surface area contributed by atoms with E-state index in [9.17, 15) is 19.5 Å². The zero-order chi connectivity index (χ0) is 21.5. The standard InChI is InChI=1S/C21H25N5O4/c1-3-17-22-14-6-4-5-7-15(14)26(17)13-19(28)24-11-9-21(2,30)16(12-24)25-10-8-18(27)23-20(25)29/h4-8,10,16,30H,3,9,11-13H2,1-2H3,(H,23,27,29)/t16-,21-/m1/s1. The van der Waals surface area contributed by atoms with Crippen LogP contribution in [-0.4, -0.2) is 53.7 Å². The molecule has 1 saturated heterocycles. The van der Waals surface area contributed by atoms with Crippen molar-refractivity contribution in [1.29, 1.82) is 0 Å². The fourth-order valence-electron chi connectivity index (χ4n) is 4.12. The number of piperidine rings is 1. The Morgan fingerprint density at radius 3 is 2.80 bits per heavy atom. The summed E-state index contributed by atoms with van der Waals surface area (Å²) in [6, 6.07) is 8.28. The second-order valence-electron chi connectivity index (χ2n) is 7.94. The van der Waals surface area contributed by atoms with E-state index in [4.69, 9.17) is 0 Å². The summed E-state index contributed by atoms with van der Waals surface area (Å²) in [5.74, 6) is 0.729. The number of carbonyl (C=O) groups is 1. The van der Waals surface area contributed by atoms with Gasteiger partial charge in [-0.25, -0.2) is 9.78 Å². The number of fused-ring (bicyclic) bond motifs is 1. The Morgan fingerprint density at radius 1 is 1.30 bits per heavy atom. The number of rotatable bonds is 4. The molecule has 1 amide bonds. The lowest BCUT2D eigenvalue weighted by Crippen LogP contribution is -2.55. The first-order chi connectivity index (χ1) is 14.3. The molecule has 0 saturated carbocycles. The van der Waals surface area contributed by atoms with Crippen LogP contribution in [0.5, 0.6) is 0 Å². The van der Waals surface area contributed by atoms with Crippen molar-refractivity contribution in [3.8, 4) is 0 Å². The number of aliphatic hydroxyl groups is 1. The molecule has 2 aromatic heterocycles. The van der Waals surface area contributed by atoms with Crippen LogP contribution in [0.15, 0.2) is 46.1 Å². The molecule has 0 bridgehead atoms. The number of imidazole rings is 1. The lowest BCUT2D eigenvalue weighted by Gasteiger charge is -2.43. The van der Waals surface area contributed by atoms with Gasteiger partial charge in [0.05, 0.1) is 22.7 Å². The van der Waals surface area contributed by atoms with Gasteiger partial charge in [-0.2, -0.15) is 0 Å². The van der Waals surface area contributed by atoms with Gasteiger partial charge in [-0.1, -0.05) is 19.1 Å². The quantitative estimate of drug-likeness (QED) is 0.655. The molecule has 9 heteroatoms. The lowest BCUT2D eigenvalue weighted by molar-refractivity contribution is -0.138. The van der Waals surface area contributed by atoms with Gasteiger partial charge in [0.15, 0.2) is 0 Å². The van der Waals surface area contributed by atoms with Crippen LogP contribution in [-0.2, 0) is 17.8 Å². The van der Waals surface area contributed by atoms with Crippen LogP contribution < -0.4 is 11.2 Å². The smallest absolute Gasteiger partial charge is 0.328 e. The van der Waals surface area contributed by atoms with E-state index in [0.717, 1.165) is 16.9 Å². The summed E-state index contributed by atoms with van der Waals surface area (Å²) >= 11 is 0. The molecule has 0 aliphatic carbocycles. The number of H-pyrrole nitrogens is 1. The van der Waals surface area contributed by atoms with Gasteiger partial charge in [-0.05, 0) is 25.5 Å². The fraction of sp³-hybridized carbons (Fsp3) is 0.429. The maximum absolute atomic E-state index is 13.2. The van der Waals surface area contributed by atoms with Crippen LogP contribution in [0.4, 0.5) is 0 Å². The number of carbonyl (C=O) groups excluding carboxylic acids is 1. The molecule has 1 fully saturated rings. The number of hydrogen-bond donors (Lipinski definition) is 2. The number of amides is 1. The van der Waals surface area contributed by atoms with E-state index in [-0.39, 0.29) is 19.0 Å². The number of nitrogens with one attached hydrogen (secondary N) is 1. The third kappa shape index (κ3) is 3.56. The topological polar surface area (TPSA) is 113 Å². The molecule has 3 heterocycles. The van der Waals surface area contributed by atoms with Crippen molar-refractivity contribution in [2.45, 2.75) is 44.9 Å². The van der Waals surface area contributed by atoms with Gasteiger partial charge in [-0.3, -0.25) is 19.1 Å². The highest BCUT2D eigenvalue weighted by Gasteiger charge is 2.40. The number of likely N-dealkylation sites (tertiary alicyclic amines) is 1. The zero-order valence-corrected chi connectivity index (χ0v) is 17.0. The van der Waals surface area contributed by atoms with Gasteiger partial charge in [0.2, 0.25) is 5.91 Å². The number of hydrogen-bond acceptors (Lipinski definition) is 5. The summed E-state index contributed by atoms with van der Waals surface area (Å²) in [6.07, 6.45) is 2.39. The fourth-order valence-corrected chi connectivity index (χ4v) is 4.12. The second kappa shape index (κ2) is 7.56. The molecule has 0 radical (unpaired) electrons. The number of aromatic nitrogens is 4. The summed E-state index contributed by atoms with van der Waals surface area (Å²) in [7, 11) is 0. The van der Waals surface area contributed by atoms with Gasteiger partial charge in [-0.15, -0.1) is 0 Å². The summed E-state index contributed by atoms with van der Waals surface area (Å²) in [4.78, 5) is 45.3. The number of aryl methyl sites for hydroxylation is 1. The third-order valence-corrected chi connectivity index (χ3v) is 5.88. The Labute approximate surface area is 172 Å². The minimum atomic E-state index is -1.19. The monoisotopic (exact) mass is 411 g/mol. The predicted molar refractivity (Wildman–Crippen MR) is 111 cm³/mol. The highest BCUT2D eigenvalue weighted by atomic mass is 16.3. The molecule has 0 spiro atoms. The van der Waals surface area contributed by atoms with Gasteiger partial charge in [0, 0.05) is 31.8 Å². The Balaban J connectivity index is 1.61. The Hall–Kier alpha value is -3.20. The van der Waals surface area contributed by atoms with E-state index in [0.29, 0.717) is 19.4 Å². The Morgan fingerprint density at radius 2 is 2.07 bits per heavy atom. The van der Waals surface area contributed by atoms with Crippen molar-refractivity contribution in [2.24, 2.45) is 0 Å². The van der Waals surface area contributed by atoms with E-state index < -0.39 is 22.9 Å². The number of nitrogens with zero attached hydrogens (tertiary/aromatic N) is 4. The Kier molecular flexibility index (Phi) is 5.07.